The molecule has 0 saturated carbocycles. The first-order valence-electron chi connectivity index (χ1n) is 6.41. The zero-order valence-corrected chi connectivity index (χ0v) is 12.4. The Hall–Kier alpha value is -1.96. The summed E-state index contributed by atoms with van der Waals surface area (Å²) >= 11 is 1.43. The van der Waals surface area contributed by atoms with Gasteiger partial charge in [-0.2, -0.15) is 0 Å². The highest BCUT2D eigenvalue weighted by Crippen LogP contribution is 2.18. The lowest BCUT2D eigenvalue weighted by Gasteiger charge is -2.12. The van der Waals surface area contributed by atoms with Gasteiger partial charge in [0.15, 0.2) is 0 Å². The standard InChI is InChI=1S/C14H17N3O3S/c1-20-7-6-17-9-10(4-5-12(17)18)16-14(19)13(15)11-3-2-8-21-11/h2-5,8-9,13H,6-7,15H2,1H3,(H,16,19). The summed E-state index contributed by atoms with van der Waals surface area (Å²) in [5.41, 5.74) is 6.27. The van der Waals surface area contributed by atoms with E-state index in [0.717, 1.165) is 4.88 Å². The SMILES string of the molecule is COCCn1cc(NC(=O)C(N)c2cccs2)ccc1=O. The molecule has 112 valence electrons. The Morgan fingerprint density at radius 2 is 2.29 bits per heavy atom. The van der Waals surface area contributed by atoms with Gasteiger partial charge in [-0.25, -0.2) is 0 Å². The fourth-order valence-corrected chi connectivity index (χ4v) is 2.51. The summed E-state index contributed by atoms with van der Waals surface area (Å²) in [5, 5.41) is 4.58. The third kappa shape index (κ3) is 4.01. The molecule has 1 atom stereocenters. The van der Waals surface area contributed by atoms with Gasteiger partial charge in [0.1, 0.15) is 6.04 Å². The Bertz CT molecular complexity index is 652. The van der Waals surface area contributed by atoms with E-state index in [9.17, 15) is 9.59 Å². The molecular formula is C14H17N3O3S. The van der Waals surface area contributed by atoms with Crippen LogP contribution in [0, 0.1) is 0 Å². The van der Waals surface area contributed by atoms with Crippen LogP contribution < -0.4 is 16.6 Å². The first-order chi connectivity index (χ1) is 10.1. The number of rotatable bonds is 6. The number of pyridine rings is 1. The van der Waals surface area contributed by atoms with Crippen LogP contribution in [0.4, 0.5) is 5.69 Å². The lowest BCUT2D eigenvalue weighted by Crippen LogP contribution is -2.28. The lowest BCUT2D eigenvalue weighted by molar-refractivity contribution is -0.117. The van der Waals surface area contributed by atoms with Crippen LogP contribution in [0.5, 0.6) is 0 Å². The van der Waals surface area contributed by atoms with Gasteiger partial charge < -0.3 is 20.4 Å². The Kier molecular flexibility index (Phi) is 5.26. The summed E-state index contributed by atoms with van der Waals surface area (Å²) in [5.74, 6) is -0.311. The molecule has 2 aromatic rings. The van der Waals surface area contributed by atoms with Crippen LogP contribution >= 0.6 is 11.3 Å². The van der Waals surface area contributed by atoms with Gasteiger partial charge in [0.2, 0.25) is 5.91 Å². The smallest absolute Gasteiger partial charge is 0.250 e. The summed E-state index contributed by atoms with van der Waals surface area (Å²) < 4.78 is 6.43. The molecule has 0 aliphatic rings. The molecule has 0 saturated heterocycles. The minimum absolute atomic E-state index is 0.146. The fourth-order valence-electron chi connectivity index (χ4n) is 1.79. The second-order valence-electron chi connectivity index (χ2n) is 4.42. The van der Waals surface area contributed by atoms with Crippen molar-refractivity contribution >= 4 is 22.9 Å². The molecule has 0 aliphatic heterocycles. The number of amides is 1. The van der Waals surface area contributed by atoms with Crippen LogP contribution in [-0.4, -0.2) is 24.2 Å². The van der Waals surface area contributed by atoms with Crippen LogP contribution in [-0.2, 0) is 16.1 Å². The molecule has 2 heterocycles. The monoisotopic (exact) mass is 307 g/mol. The van der Waals surface area contributed by atoms with E-state index >= 15 is 0 Å². The summed E-state index contributed by atoms with van der Waals surface area (Å²) in [6, 6.07) is 5.91. The summed E-state index contributed by atoms with van der Waals surface area (Å²) in [4.78, 5) is 24.5. The minimum Gasteiger partial charge on any atom is -0.383 e. The van der Waals surface area contributed by atoms with E-state index in [0.29, 0.717) is 18.8 Å². The highest BCUT2D eigenvalue weighted by atomic mass is 32.1. The number of nitrogens with one attached hydrogen (secondary N) is 1. The number of carbonyl (C=O) groups is 1. The van der Waals surface area contributed by atoms with Crippen molar-refractivity contribution in [3.63, 3.8) is 0 Å². The molecule has 2 rings (SSSR count). The maximum absolute atomic E-state index is 12.1. The number of nitrogens with two attached hydrogens (primary N) is 1. The number of nitrogens with zero attached hydrogens (tertiary/aromatic N) is 1. The third-order valence-electron chi connectivity index (χ3n) is 2.92. The molecular weight excluding hydrogens is 290 g/mol. The molecule has 1 amide bonds. The molecule has 0 radical (unpaired) electrons. The number of aromatic nitrogens is 1. The topological polar surface area (TPSA) is 86.3 Å². The van der Waals surface area contributed by atoms with E-state index in [1.54, 1.807) is 19.4 Å². The number of hydrogen-bond donors (Lipinski definition) is 2. The van der Waals surface area contributed by atoms with Crippen molar-refractivity contribution in [2.75, 3.05) is 19.0 Å². The van der Waals surface area contributed by atoms with E-state index in [4.69, 9.17) is 10.5 Å². The largest absolute Gasteiger partial charge is 0.383 e. The number of ether oxygens (including phenoxy) is 1. The van der Waals surface area contributed by atoms with Gasteiger partial charge in [-0.15, -0.1) is 11.3 Å². The molecule has 0 bridgehead atoms. The highest BCUT2D eigenvalue weighted by Gasteiger charge is 2.16. The van der Waals surface area contributed by atoms with Crippen LogP contribution in [0.2, 0.25) is 0 Å². The first kappa shape index (κ1) is 15.4. The van der Waals surface area contributed by atoms with E-state index in [1.165, 1.54) is 22.0 Å². The molecule has 0 aromatic carbocycles. The number of methoxy groups -OCH3 is 1. The highest BCUT2D eigenvalue weighted by molar-refractivity contribution is 7.10. The van der Waals surface area contributed by atoms with Crippen molar-refractivity contribution in [3.8, 4) is 0 Å². The van der Waals surface area contributed by atoms with Crippen molar-refractivity contribution in [1.29, 1.82) is 0 Å². The van der Waals surface area contributed by atoms with E-state index in [-0.39, 0.29) is 11.5 Å². The maximum Gasteiger partial charge on any atom is 0.250 e. The second-order valence-corrected chi connectivity index (χ2v) is 5.40. The van der Waals surface area contributed by atoms with Gasteiger partial charge in [0.25, 0.3) is 5.56 Å². The van der Waals surface area contributed by atoms with Gasteiger partial charge >= 0.3 is 0 Å². The quantitative estimate of drug-likeness (QED) is 0.839. The molecule has 7 heteroatoms. The van der Waals surface area contributed by atoms with Crippen molar-refractivity contribution < 1.29 is 9.53 Å². The molecule has 2 aromatic heterocycles. The van der Waals surface area contributed by atoms with Crippen molar-refractivity contribution in [2.45, 2.75) is 12.6 Å². The molecule has 1 unspecified atom stereocenters. The molecule has 0 spiro atoms. The number of thiophene rings is 1. The van der Waals surface area contributed by atoms with Gasteiger partial charge in [0.05, 0.1) is 12.3 Å². The van der Waals surface area contributed by atoms with Gasteiger partial charge in [-0.05, 0) is 17.5 Å². The van der Waals surface area contributed by atoms with E-state index < -0.39 is 6.04 Å². The maximum atomic E-state index is 12.1. The zero-order valence-electron chi connectivity index (χ0n) is 11.6. The normalized spacial score (nSPS) is 12.1. The second kappa shape index (κ2) is 7.16. The fraction of sp³-hybridized carbons (Fsp3) is 0.286. The van der Waals surface area contributed by atoms with Crippen molar-refractivity contribution in [1.82, 2.24) is 4.57 Å². The van der Waals surface area contributed by atoms with Crippen LogP contribution in [0.3, 0.4) is 0 Å². The Morgan fingerprint density at radius 3 is 2.95 bits per heavy atom. The van der Waals surface area contributed by atoms with Crippen molar-refractivity contribution in [3.05, 3.63) is 51.1 Å². The van der Waals surface area contributed by atoms with Gasteiger partial charge in [-0.3, -0.25) is 9.59 Å². The summed E-state index contributed by atoms with van der Waals surface area (Å²) in [6.45, 7) is 0.849. The summed E-state index contributed by atoms with van der Waals surface area (Å²) in [7, 11) is 1.57. The van der Waals surface area contributed by atoms with E-state index in [2.05, 4.69) is 5.32 Å². The van der Waals surface area contributed by atoms with Crippen LogP contribution in [0.1, 0.15) is 10.9 Å². The number of anilines is 1. The average molecular weight is 307 g/mol. The average Bonchev–Trinajstić information content (AvgIpc) is 3.01. The Balaban J connectivity index is 2.08. The molecule has 0 fully saturated rings. The van der Waals surface area contributed by atoms with Crippen LogP contribution in [0.15, 0.2) is 40.6 Å². The molecule has 0 aliphatic carbocycles. The van der Waals surface area contributed by atoms with Gasteiger partial charge in [0, 0.05) is 30.8 Å². The molecule has 21 heavy (non-hydrogen) atoms. The van der Waals surface area contributed by atoms with Crippen molar-refractivity contribution in [2.24, 2.45) is 5.73 Å². The predicted molar refractivity (Wildman–Crippen MR) is 82.5 cm³/mol. The van der Waals surface area contributed by atoms with Gasteiger partial charge in [-0.1, -0.05) is 6.07 Å². The van der Waals surface area contributed by atoms with E-state index in [1.807, 2.05) is 17.5 Å². The molecule has 6 nitrogen and oxygen atoms in total. The Labute approximate surface area is 126 Å². The van der Waals surface area contributed by atoms with Crippen LogP contribution in [0.25, 0.3) is 0 Å². The first-order valence-corrected chi connectivity index (χ1v) is 7.29. The lowest BCUT2D eigenvalue weighted by atomic mass is 10.2. The Morgan fingerprint density at radius 1 is 1.48 bits per heavy atom. The predicted octanol–water partition coefficient (Wildman–Crippen LogP) is 1.19. The minimum atomic E-state index is -0.718. The third-order valence-corrected chi connectivity index (χ3v) is 3.87. The molecule has 3 N–H and O–H groups in total. The number of carbonyl (C=O) groups excluding carboxylic acids is 1. The number of hydrogen-bond acceptors (Lipinski definition) is 5. The summed E-state index contributed by atoms with van der Waals surface area (Å²) in [6.07, 6.45) is 1.58. The zero-order chi connectivity index (χ0) is 15.2.